The molecule has 0 unspecified atom stereocenters. The molecule has 15 heteroatoms. The molecule has 3 heterocycles. The molecule has 0 atom stereocenters. The lowest BCUT2D eigenvalue weighted by Gasteiger charge is -2.31. The number of aromatic nitrogens is 5. The van der Waals surface area contributed by atoms with Crippen LogP contribution in [0.1, 0.15) is 58.7 Å². The maximum atomic E-state index is 14.1. The molecule has 1 aliphatic heterocycles. The SMILES string of the molecule is CN(CC(=O)NC1CCC(Nc2nc(N3CCOCC3)nc(-n3c(C(F)F)nc4ccccc43)n2)CC1)C(=O)OC(C)(C)C. The molecule has 0 radical (unpaired) electrons. The first kappa shape index (κ1) is 31.3. The molecule has 1 aliphatic carbocycles. The molecule has 2 aromatic heterocycles. The Morgan fingerprint density at radius 1 is 1.02 bits per heavy atom. The minimum Gasteiger partial charge on any atom is -0.444 e. The number of carbonyl (C=O) groups is 2. The molecular weight excluding hydrogens is 576 g/mol. The van der Waals surface area contributed by atoms with E-state index < -0.39 is 23.9 Å². The average Bonchev–Trinajstić information content (AvgIpc) is 3.38. The van der Waals surface area contributed by atoms with Crippen molar-refractivity contribution >= 4 is 34.9 Å². The fourth-order valence-electron chi connectivity index (χ4n) is 5.28. The zero-order chi connectivity index (χ0) is 31.4. The van der Waals surface area contributed by atoms with E-state index in [9.17, 15) is 18.4 Å². The highest BCUT2D eigenvalue weighted by Gasteiger charge is 2.28. The third-order valence-electron chi connectivity index (χ3n) is 7.40. The molecule has 1 saturated heterocycles. The molecule has 2 amide bonds. The summed E-state index contributed by atoms with van der Waals surface area (Å²) in [6, 6.07) is 6.83. The Labute approximate surface area is 254 Å². The van der Waals surface area contributed by atoms with Gasteiger partial charge >= 0.3 is 6.09 Å². The molecular formula is C29H39F2N9O4. The molecule has 2 N–H and O–H groups in total. The van der Waals surface area contributed by atoms with Gasteiger partial charge in [-0.25, -0.2) is 18.6 Å². The normalized spacial score (nSPS) is 19.2. The van der Waals surface area contributed by atoms with Crippen LogP contribution < -0.4 is 15.5 Å². The summed E-state index contributed by atoms with van der Waals surface area (Å²) in [5.74, 6) is 0.0112. The third kappa shape index (κ3) is 7.68. The Bertz CT molecular complexity index is 1460. The molecule has 238 valence electrons. The number of morpholine rings is 1. The van der Waals surface area contributed by atoms with E-state index in [0.717, 1.165) is 12.8 Å². The van der Waals surface area contributed by atoms with Gasteiger partial charge in [0.1, 0.15) is 12.1 Å². The van der Waals surface area contributed by atoms with Gasteiger partial charge in [0, 0.05) is 32.2 Å². The number of fused-ring (bicyclic) bond motifs is 1. The molecule has 0 spiro atoms. The second-order valence-electron chi connectivity index (χ2n) is 12.1. The summed E-state index contributed by atoms with van der Waals surface area (Å²) in [4.78, 5) is 46.0. The van der Waals surface area contributed by atoms with E-state index in [1.807, 2.05) is 4.90 Å². The summed E-state index contributed by atoms with van der Waals surface area (Å²) in [6.07, 6.45) is -0.547. The molecule has 3 aromatic rings. The van der Waals surface area contributed by atoms with E-state index >= 15 is 0 Å². The summed E-state index contributed by atoms with van der Waals surface area (Å²) in [7, 11) is 1.53. The number of hydrogen-bond donors (Lipinski definition) is 2. The van der Waals surface area contributed by atoms with Crippen LogP contribution in [-0.2, 0) is 14.3 Å². The number of nitrogens with one attached hydrogen (secondary N) is 2. The van der Waals surface area contributed by atoms with Crippen molar-refractivity contribution in [3.8, 4) is 5.95 Å². The van der Waals surface area contributed by atoms with Gasteiger partial charge in [-0.2, -0.15) is 15.0 Å². The number of rotatable bonds is 8. The number of carbonyl (C=O) groups excluding carboxylic acids is 2. The topological polar surface area (TPSA) is 140 Å². The lowest BCUT2D eigenvalue weighted by Crippen LogP contribution is -2.46. The Morgan fingerprint density at radius 3 is 2.36 bits per heavy atom. The van der Waals surface area contributed by atoms with Crippen molar-refractivity contribution < 1.29 is 27.8 Å². The number of hydrogen-bond acceptors (Lipinski definition) is 10. The number of para-hydroxylation sites is 2. The van der Waals surface area contributed by atoms with Crippen LogP contribution in [0.15, 0.2) is 24.3 Å². The van der Waals surface area contributed by atoms with Crippen LogP contribution >= 0.6 is 0 Å². The summed E-state index contributed by atoms with van der Waals surface area (Å²) >= 11 is 0. The van der Waals surface area contributed by atoms with Gasteiger partial charge in [-0.15, -0.1) is 0 Å². The highest BCUT2D eigenvalue weighted by molar-refractivity contribution is 5.82. The zero-order valence-electron chi connectivity index (χ0n) is 25.4. The Kier molecular flexibility index (Phi) is 9.42. The lowest BCUT2D eigenvalue weighted by atomic mass is 9.91. The predicted molar refractivity (Wildman–Crippen MR) is 159 cm³/mol. The van der Waals surface area contributed by atoms with E-state index in [1.54, 1.807) is 45.0 Å². The molecule has 1 aromatic carbocycles. The first-order valence-corrected chi connectivity index (χ1v) is 14.8. The molecule has 13 nitrogen and oxygen atoms in total. The number of ether oxygens (including phenoxy) is 2. The predicted octanol–water partition coefficient (Wildman–Crippen LogP) is 3.69. The van der Waals surface area contributed by atoms with Crippen molar-refractivity contribution in [2.75, 3.05) is 50.1 Å². The Balaban J connectivity index is 1.28. The van der Waals surface area contributed by atoms with Crippen LogP contribution in [0.3, 0.4) is 0 Å². The van der Waals surface area contributed by atoms with Crippen molar-refractivity contribution in [3.63, 3.8) is 0 Å². The second-order valence-corrected chi connectivity index (χ2v) is 12.1. The van der Waals surface area contributed by atoms with Crippen LogP contribution in [0.25, 0.3) is 17.0 Å². The van der Waals surface area contributed by atoms with Crippen molar-refractivity contribution in [1.29, 1.82) is 0 Å². The summed E-state index contributed by atoms with van der Waals surface area (Å²) in [6.45, 7) is 7.33. The van der Waals surface area contributed by atoms with E-state index in [-0.39, 0.29) is 36.4 Å². The van der Waals surface area contributed by atoms with Gasteiger partial charge in [-0.05, 0) is 58.6 Å². The van der Waals surface area contributed by atoms with E-state index in [1.165, 1.54) is 16.5 Å². The smallest absolute Gasteiger partial charge is 0.410 e. The average molecular weight is 616 g/mol. The third-order valence-corrected chi connectivity index (χ3v) is 7.40. The second kappa shape index (κ2) is 13.2. The Hall–Kier alpha value is -4.14. The summed E-state index contributed by atoms with van der Waals surface area (Å²) in [5, 5.41) is 6.39. The minimum atomic E-state index is -2.84. The quantitative estimate of drug-likeness (QED) is 0.386. The summed E-state index contributed by atoms with van der Waals surface area (Å²) < 4.78 is 40.3. The highest BCUT2D eigenvalue weighted by atomic mass is 19.3. The van der Waals surface area contributed by atoms with Crippen LogP contribution in [0, 0.1) is 0 Å². The molecule has 2 fully saturated rings. The molecule has 2 aliphatic rings. The van der Waals surface area contributed by atoms with E-state index in [4.69, 9.17) is 9.47 Å². The van der Waals surface area contributed by atoms with Crippen LogP contribution in [0.2, 0.25) is 0 Å². The van der Waals surface area contributed by atoms with Crippen LogP contribution in [0.5, 0.6) is 0 Å². The number of imidazole rings is 1. The number of alkyl halides is 2. The monoisotopic (exact) mass is 615 g/mol. The molecule has 44 heavy (non-hydrogen) atoms. The summed E-state index contributed by atoms with van der Waals surface area (Å²) in [5.41, 5.74) is 0.248. The maximum Gasteiger partial charge on any atom is 0.410 e. The molecule has 0 bridgehead atoms. The number of likely N-dealkylation sites (N-methyl/N-ethyl adjacent to an activating group) is 1. The van der Waals surface area contributed by atoms with Gasteiger partial charge < -0.3 is 29.9 Å². The number of anilines is 2. The number of amides is 2. The number of nitrogens with zero attached hydrogens (tertiary/aromatic N) is 7. The van der Waals surface area contributed by atoms with Gasteiger partial charge in [0.25, 0.3) is 6.43 Å². The van der Waals surface area contributed by atoms with Gasteiger partial charge in [-0.3, -0.25) is 9.36 Å². The van der Waals surface area contributed by atoms with Gasteiger partial charge in [-0.1, -0.05) is 12.1 Å². The van der Waals surface area contributed by atoms with Crippen molar-refractivity contribution in [3.05, 3.63) is 30.1 Å². The van der Waals surface area contributed by atoms with Crippen LogP contribution in [0.4, 0.5) is 25.5 Å². The number of halogens is 2. The van der Waals surface area contributed by atoms with Crippen LogP contribution in [-0.4, -0.2) is 99.0 Å². The largest absolute Gasteiger partial charge is 0.444 e. The maximum absolute atomic E-state index is 14.1. The first-order valence-electron chi connectivity index (χ1n) is 14.8. The lowest BCUT2D eigenvalue weighted by molar-refractivity contribution is -0.122. The first-order chi connectivity index (χ1) is 21.0. The number of benzene rings is 1. The van der Waals surface area contributed by atoms with Gasteiger partial charge in [0.05, 0.1) is 24.2 Å². The van der Waals surface area contributed by atoms with Crippen molar-refractivity contribution in [1.82, 2.24) is 34.7 Å². The van der Waals surface area contributed by atoms with Crippen molar-refractivity contribution in [2.24, 2.45) is 0 Å². The highest BCUT2D eigenvalue weighted by Crippen LogP contribution is 2.28. The van der Waals surface area contributed by atoms with Gasteiger partial charge in [0.15, 0.2) is 5.82 Å². The minimum absolute atomic E-state index is 0.00511. The fraction of sp³-hybridized carbons (Fsp3) is 0.586. The standard InChI is InChI=1S/C29H39F2N9O4/c1-29(2,3)44-28(42)38(4)17-22(41)32-18-9-11-19(12-10-18)33-25-35-26(39-13-15-43-16-14-39)37-27(36-25)40-21-8-6-5-7-20(21)34-24(40)23(30)31/h5-8,18-19,23H,9-17H2,1-4H3,(H,32,41)(H,33,35,36,37). The van der Waals surface area contributed by atoms with Crippen molar-refractivity contribution in [2.45, 2.75) is 70.6 Å². The molecule has 5 rings (SSSR count). The van der Waals surface area contributed by atoms with Gasteiger partial charge in [0.2, 0.25) is 23.8 Å². The van der Waals surface area contributed by atoms with E-state index in [0.29, 0.717) is 56.1 Å². The van der Waals surface area contributed by atoms with E-state index in [2.05, 4.69) is 30.6 Å². The molecule has 1 saturated carbocycles. The zero-order valence-corrected chi connectivity index (χ0v) is 25.4. The Morgan fingerprint density at radius 2 is 1.68 bits per heavy atom. The fourth-order valence-corrected chi connectivity index (χ4v) is 5.28.